The van der Waals surface area contributed by atoms with Gasteiger partial charge in [0.2, 0.25) is 15.9 Å². The van der Waals surface area contributed by atoms with Crippen molar-refractivity contribution >= 4 is 21.6 Å². The number of carbonyl (C=O) groups is 1. The molecule has 1 aliphatic heterocycles. The predicted octanol–water partition coefficient (Wildman–Crippen LogP) is 3.52. The van der Waals surface area contributed by atoms with Crippen LogP contribution in [0.15, 0.2) is 53.4 Å². The first kappa shape index (κ1) is 22.1. The number of hydrogen-bond acceptors (Lipinski definition) is 5. The van der Waals surface area contributed by atoms with E-state index in [4.69, 9.17) is 9.47 Å². The molecule has 1 fully saturated rings. The monoisotopic (exact) mass is 432 g/mol. The van der Waals surface area contributed by atoms with E-state index in [1.807, 2.05) is 0 Å². The summed E-state index contributed by atoms with van der Waals surface area (Å²) < 4.78 is 37.7. The summed E-state index contributed by atoms with van der Waals surface area (Å²) in [6.07, 6.45) is 2.66. The first-order valence-electron chi connectivity index (χ1n) is 10.0. The fourth-order valence-electron chi connectivity index (χ4n) is 3.67. The summed E-state index contributed by atoms with van der Waals surface area (Å²) >= 11 is 0. The first-order chi connectivity index (χ1) is 14.4. The SMILES string of the molecule is COc1ccc(NC(=O)CCC2CCCN(S(=O)(=O)c3ccccc3)C2)c(OC)c1. The van der Waals surface area contributed by atoms with Crippen LogP contribution in [0.3, 0.4) is 0 Å². The second-order valence-electron chi connectivity index (χ2n) is 7.34. The largest absolute Gasteiger partial charge is 0.497 e. The van der Waals surface area contributed by atoms with Gasteiger partial charge in [-0.15, -0.1) is 0 Å². The summed E-state index contributed by atoms with van der Waals surface area (Å²) in [6, 6.07) is 13.7. The molecule has 1 amide bonds. The standard InChI is InChI=1S/C22H28N2O5S/c1-28-18-11-12-20(21(15-18)29-2)23-22(25)13-10-17-7-6-14-24(16-17)30(26,27)19-8-4-3-5-9-19/h3-5,8-9,11-12,15,17H,6-7,10,13-14,16H2,1-2H3,(H,23,25). The highest BCUT2D eigenvalue weighted by atomic mass is 32.2. The lowest BCUT2D eigenvalue weighted by atomic mass is 9.94. The topological polar surface area (TPSA) is 84.9 Å². The van der Waals surface area contributed by atoms with Crippen molar-refractivity contribution in [1.29, 1.82) is 0 Å². The minimum Gasteiger partial charge on any atom is -0.497 e. The maximum Gasteiger partial charge on any atom is 0.243 e. The number of amides is 1. The van der Waals surface area contributed by atoms with Crippen LogP contribution in [0.2, 0.25) is 0 Å². The number of hydrogen-bond donors (Lipinski definition) is 1. The molecule has 0 spiro atoms. The van der Waals surface area contributed by atoms with Crippen molar-refractivity contribution in [3.63, 3.8) is 0 Å². The molecule has 30 heavy (non-hydrogen) atoms. The van der Waals surface area contributed by atoms with Gasteiger partial charge in [0.25, 0.3) is 0 Å². The Morgan fingerprint density at radius 1 is 1.13 bits per heavy atom. The fourth-order valence-corrected chi connectivity index (χ4v) is 5.25. The molecular weight excluding hydrogens is 404 g/mol. The van der Waals surface area contributed by atoms with Crippen molar-refractivity contribution in [2.45, 2.75) is 30.6 Å². The molecule has 0 bridgehead atoms. The van der Waals surface area contributed by atoms with Crippen LogP contribution < -0.4 is 14.8 Å². The van der Waals surface area contributed by atoms with Crippen molar-refractivity contribution in [1.82, 2.24) is 4.31 Å². The molecule has 7 nitrogen and oxygen atoms in total. The summed E-state index contributed by atoms with van der Waals surface area (Å²) in [6.45, 7) is 0.958. The van der Waals surface area contributed by atoms with Crippen molar-refractivity contribution < 1.29 is 22.7 Å². The maximum absolute atomic E-state index is 12.9. The van der Waals surface area contributed by atoms with Crippen LogP contribution in [-0.2, 0) is 14.8 Å². The average molecular weight is 433 g/mol. The Kier molecular flexibility index (Phi) is 7.33. The molecule has 0 aliphatic carbocycles. The molecular formula is C22H28N2O5S. The highest BCUT2D eigenvalue weighted by molar-refractivity contribution is 7.89. The molecule has 162 valence electrons. The molecule has 0 radical (unpaired) electrons. The second kappa shape index (κ2) is 9.95. The van der Waals surface area contributed by atoms with E-state index in [0.29, 0.717) is 48.0 Å². The Bertz CT molecular complexity index is 963. The minimum atomic E-state index is -3.49. The van der Waals surface area contributed by atoms with Gasteiger partial charge in [0.1, 0.15) is 11.5 Å². The van der Waals surface area contributed by atoms with E-state index in [1.165, 1.54) is 7.11 Å². The van der Waals surface area contributed by atoms with E-state index in [2.05, 4.69) is 5.32 Å². The number of benzene rings is 2. The zero-order valence-corrected chi connectivity index (χ0v) is 18.2. The predicted molar refractivity (Wildman–Crippen MR) is 115 cm³/mol. The Labute approximate surface area is 178 Å². The molecule has 0 saturated carbocycles. The number of piperidine rings is 1. The third-order valence-electron chi connectivity index (χ3n) is 5.33. The van der Waals surface area contributed by atoms with Crippen molar-refractivity contribution in [3.05, 3.63) is 48.5 Å². The third-order valence-corrected chi connectivity index (χ3v) is 7.20. The molecule has 3 rings (SSSR count). The number of rotatable bonds is 8. The van der Waals surface area contributed by atoms with Crippen LogP contribution in [0.25, 0.3) is 0 Å². The number of nitrogens with zero attached hydrogens (tertiary/aromatic N) is 1. The number of anilines is 1. The molecule has 1 unspecified atom stereocenters. The Morgan fingerprint density at radius 2 is 1.90 bits per heavy atom. The molecule has 2 aromatic carbocycles. The lowest BCUT2D eigenvalue weighted by molar-refractivity contribution is -0.116. The molecule has 1 aliphatic rings. The number of ether oxygens (including phenoxy) is 2. The van der Waals surface area contributed by atoms with Gasteiger partial charge >= 0.3 is 0 Å². The van der Waals surface area contributed by atoms with Crippen LogP contribution in [-0.4, -0.2) is 45.9 Å². The highest BCUT2D eigenvalue weighted by Crippen LogP contribution is 2.30. The van der Waals surface area contributed by atoms with Crippen LogP contribution in [0, 0.1) is 5.92 Å². The Balaban J connectivity index is 1.56. The quantitative estimate of drug-likeness (QED) is 0.690. The van der Waals surface area contributed by atoms with Gasteiger partial charge in [-0.05, 0) is 49.4 Å². The van der Waals surface area contributed by atoms with Crippen LogP contribution in [0.1, 0.15) is 25.7 Å². The average Bonchev–Trinajstić information content (AvgIpc) is 2.78. The van der Waals surface area contributed by atoms with Gasteiger partial charge in [-0.3, -0.25) is 4.79 Å². The van der Waals surface area contributed by atoms with Gasteiger partial charge in [-0.25, -0.2) is 8.42 Å². The number of sulfonamides is 1. The number of methoxy groups -OCH3 is 2. The van der Waals surface area contributed by atoms with Gasteiger partial charge in [0.05, 0.1) is 24.8 Å². The van der Waals surface area contributed by atoms with Crippen LogP contribution in [0.5, 0.6) is 11.5 Å². The van der Waals surface area contributed by atoms with E-state index in [9.17, 15) is 13.2 Å². The summed E-state index contributed by atoms with van der Waals surface area (Å²) in [4.78, 5) is 12.8. The van der Waals surface area contributed by atoms with E-state index in [0.717, 1.165) is 12.8 Å². The van der Waals surface area contributed by atoms with Gasteiger partial charge in [0.15, 0.2) is 0 Å². The van der Waals surface area contributed by atoms with Gasteiger partial charge < -0.3 is 14.8 Å². The summed E-state index contributed by atoms with van der Waals surface area (Å²) in [5.41, 5.74) is 0.584. The van der Waals surface area contributed by atoms with E-state index in [-0.39, 0.29) is 11.8 Å². The van der Waals surface area contributed by atoms with Crippen molar-refractivity contribution in [2.75, 3.05) is 32.6 Å². The van der Waals surface area contributed by atoms with E-state index >= 15 is 0 Å². The minimum absolute atomic E-state index is 0.124. The molecule has 1 N–H and O–H groups in total. The Morgan fingerprint density at radius 3 is 2.60 bits per heavy atom. The van der Waals surface area contributed by atoms with Crippen molar-refractivity contribution in [3.8, 4) is 11.5 Å². The smallest absolute Gasteiger partial charge is 0.243 e. The number of nitrogens with one attached hydrogen (secondary N) is 1. The molecule has 2 aromatic rings. The van der Waals surface area contributed by atoms with Gasteiger partial charge in [0, 0.05) is 25.6 Å². The molecule has 1 atom stereocenters. The summed E-state index contributed by atoms with van der Waals surface area (Å²) in [5.74, 6) is 1.20. The summed E-state index contributed by atoms with van der Waals surface area (Å²) in [7, 11) is -0.389. The van der Waals surface area contributed by atoms with E-state index in [1.54, 1.807) is 59.9 Å². The third kappa shape index (κ3) is 5.31. The molecule has 0 aromatic heterocycles. The highest BCUT2D eigenvalue weighted by Gasteiger charge is 2.30. The lowest BCUT2D eigenvalue weighted by Crippen LogP contribution is -2.40. The van der Waals surface area contributed by atoms with Gasteiger partial charge in [-0.2, -0.15) is 4.31 Å². The molecule has 8 heteroatoms. The van der Waals surface area contributed by atoms with Crippen LogP contribution >= 0.6 is 0 Å². The second-order valence-corrected chi connectivity index (χ2v) is 9.28. The fraction of sp³-hybridized carbons (Fsp3) is 0.409. The summed E-state index contributed by atoms with van der Waals surface area (Å²) in [5, 5.41) is 2.87. The molecule has 1 heterocycles. The van der Waals surface area contributed by atoms with Gasteiger partial charge in [-0.1, -0.05) is 18.2 Å². The molecule has 1 saturated heterocycles. The zero-order valence-electron chi connectivity index (χ0n) is 17.3. The zero-order chi connectivity index (χ0) is 21.6. The lowest BCUT2D eigenvalue weighted by Gasteiger charge is -2.32. The maximum atomic E-state index is 12.9. The number of carbonyl (C=O) groups excluding carboxylic acids is 1. The van der Waals surface area contributed by atoms with Crippen molar-refractivity contribution in [2.24, 2.45) is 5.92 Å². The first-order valence-corrected chi connectivity index (χ1v) is 11.4. The van der Waals surface area contributed by atoms with Crippen LogP contribution in [0.4, 0.5) is 5.69 Å². The normalized spacial score (nSPS) is 17.3. The Hall–Kier alpha value is -2.58. The van der Waals surface area contributed by atoms with E-state index < -0.39 is 10.0 Å².